The molecule has 3 rings (SSSR count). The minimum atomic E-state index is 0.468. The van der Waals surface area contributed by atoms with Gasteiger partial charge in [-0.05, 0) is 65.5 Å². The monoisotopic (exact) mass is 333 g/mol. The zero-order valence-corrected chi connectivity index (χ0v) is 14.9. The van der Waals surface area contributed by atoms with Crippen LogP contribution in [0.5, 0.6) is 0 Å². The smallest absolute Gasteiger partial charge is 0.227 e. The molecule has 0 bridgehead atoms. The number of hydrogen-bond donors (Lipinski definition) is 4. The standard InChI is InChI=1S/C17H31N7/c1-18-12-3-7-14(8-4-12)22-16-20-11-21-17(24-16)23-15-9-5-13(19-2)6-10-15/h11-15,18-19H,3-10H2,1-2H3,(H2,20,21,22,23,24)/t12-,13-,14-,15-. The highest BCUT2D eigenvalue weighted by Crippen LogP contribution is 2.22. The molecule has 0 radical (unpaired) electrons. The maximum absolute atomic E-state index is 4.56. The number of hydrogen-bond acceptors (Lipinski definition) is 7. The van der Waals surface area contributed by atoms with E-state index in [1.807, 2.05) is 14.1 Å². The molecule has 0 atom stereocenters. The first kappa shape index (κ1) is 17.4. The van der Waals surface area contributed by atoms with E-state index in [1.165, 1.54) is 25.7 Å². The molecule has 0 aromatic carbocycles. The van der Waals surface area contributed by atoms with Gasteiger partial charge in [0.15, 0.2) is 0 Å². The molecule has 0 unspecified atom stereocenters. The van der Waals surface area contributed by atoms with Crippen molar-refractivity contribution < 1.29 is 0 Å². The number of nitrogens with zero attached hydrogens (tertiary/aromatic N) is 3. The zero-order valence-electron chi connectivity index (χ0n) is 14.9. The molecule has 1 aromatic heterocycles. The third kappa shape index (κ3) is 4.77. The number of rotatable bonds is 6. The normalized spacial score (nSPS) is 30.8. The maximum atomic E-state index is 4.56. The summed E-state index contributed by atoms with van der Waals surface area (Å²) in [4.78, 5) is 13.1. The summed E-state index contributed by atoms with van der Waals surface area (Å²) in [7, 11) is 4.10. The SMILES string of the molecule is CN[C@H]1CC[C@H](Nc2ncnc(N[C@H]3CC[C@H](NC)CC3)n2)CC1. The molecular formula is C17H31N7. The van der Waals surface area contributed by atoms with Gasteiger partial charge in [0.2, 0.25) is 11.9 Å². The Morgan fingerprint density at radius 2 is 1.04 bits per heavy atom. The molecule has 2 aliphatic carbocycles. The van der Waals surface area contributed by atoms with Crippen molar-refractivity contribution in [2.45, 2.75) is 75.5 Å². The molecule has 7 nitrogen and oxygen atoms in total. The summed E-state index contributed by atoms with van der Waals surface area (Å²) in [5.74, 6) is 1.40. The molecular weight excluding hydrogens is 302 g/mol. The van der Waals surface area contributed by atoms with Crippen molar-refractivity contribution in [3.63, 3.8) is 0 Å². The van der Waals surface area contributed by atoms with Crippen molar-refractivity contribution in [1.29, 1.82) is 0 Å². The number of aromatic nitrogens is 3. The fourth-order valence-corrected chi connectivity index (χ4v) is 3.85. The first-order chi connectivity index (χ1) is 11.8. The van der Waals surface area contributed by atoms with E-state index in [2.05, 4.69) is 36.2 Å². The number of anilines is 2. The van der Waals surface area contributed by atoms with E-state index in [0.29, 0.717) is 36.1 Å². The first-order valence-corrected chi connectivity index (χ1v) is 9.33. The average Bonchev–Trinajstić information content (AvgIpc) is 2.63. The topological polar surface area (TPSA) is 86.8 Å². The lowest BCUT2D eigenvalue weighted by Gasteiger charge is -2.29. The molecule has 2 saturated carbocycles. The second-order valence-corrected chi connectivity index (χ2v) is 7.10. The van der Waals surface area contributed by atoms with Crippen LogP contribution >= 0.6 is 0 Å². The van der Waals surface area contributed by atoms with Gasteiger partial charge in [-0.25, -0.2) is 9.97 Å². The van der Waals surface area contributed by atoms with E-state index in [4.69, 9.17) is 0 Å². The molecule has 134 valence electrons. The van der Waals surface area contributed by atoms with E-state index in [0.717, 1.165) is 25.7 Å². The van der Waals surface area contributed by atoms with Gasteiger partial charge in [0.1, 0.15) is 6.33 Å². The number of nitrogens with one attached hydrogen (secondary N) is 4. The van der Waals surface area contributed by atoms with Crippen molar-refractivity contribution in [2.75, 3.05) is 24.7 Å². The van der Waals surface area contributed by atoms with Gasteiger partial charge in [0, 0.05) is 24.2 Å². The molecule has 24 heavy (non-hydrogen) atoms. The van der Waals surface area contributed by atoms with Crippen LogP contribution in [0.2, 0.25) is 0 Å². The molecule has 4 N–H and O–H groups in total. The van der Waals surface area contributed by atoms with E-state index in [-0.39, 0.29) is 0 Å². The summed E-state index contributed by atoms with van der Waals surface area (Å²) in [6.45, 7) is 0. The zero-order chi connectivity index (χ0) is 16.8. The highest BCUT2D eigenvalue weighted by Gasteiger charge is 2.22. The third-order valence-corrected chi connectivity index (χ3v) is 5.51. The minimum Gasteiger partial charge on any atom is -0.351 e. The average molecular weight is 333 g/mol. The third-order valence-electron chi connectivity index (χ3n) is 5.51. The summed E-state index contributed by atoms with van der Waals surface area (Å²) in [6.07, 6.45) is 11.1. The summed E-state index contributed by atoms with van der Waals surface area (Å²) < 4.78 is 0. The lowest BCUT2D eigenvalue weighted by Crippen LogP contribution is -2.36. The predicted molar refractivity (Wildman–Crippen MR) is 97.3 cm³/mol. The van der Waals surface area contributed by atoms with E-state index < -0.39 is 0 Å². The van der Waals surface area contributed by atoms with Crippen molar-refractivity contribution in [2.24, 2.45) is 0 Å². The summed E-state index contributed by atoms with van der Waals surface area (Å²) in [6, 6.07) is 2.25. The van der Waals surface area contributed by atoms with E-state index >= 15 is 0 Å². The van der Waals surface area contributed by atoms with Crippen molar-refractivity contribution in [3.8, 4) is 0 Å². The summed E-state index contributed by atoms with van der Waals surface area (Å²) >= 11 is 0. The van der Waals surface area contributed by atoms with Gasteiger partial charge >= 0.3 is 0 Å². The van der Waals surface area contributed by atoms with Crippen molar-refractivity contribution >= 4 is 11.9 Å². The van der Waals surface area contributed by atoms with Gasteiger partial charge in [-0.1, -0.05) is 0 Å². The highest BCUT2D eigenvalue weighted by molar-refractivity contribution is 5.34. The van der Waals surface area contributed by atoms with Crippen LogP contribution in [0.25, 0.3) is 0 Å². The molecule has 0 saturated heterocycles. The van der Waals surface area contributed by atoms with Gasteiger partial charge in [-0.15, -0.1) is 0 Å². The Morgan fingerprint density at radius 1 is 0.667 bits per heavy atom. The van der Waals surface area contributed by atoms with E-state index in [9.17, 15) is 0 Å². The van der Waals surface area contributed by atoms with Crippen LogP contribution in [-0.4, -0.2) is 53.2 Å². The van der Waals surface area contributed by atoms with Crippen LogP contribution in [0.1, 0.15) is 51.4 Å². The highest BCUT2D eigenvalue weighted by atomic mass is 15.2. The molecule has 7 heteroatoms. The summed E-state index contributed by atoms with van der Waals surface area (Å²) in [5, 5.41) is 13.7. The Hall–Kier alpha value is -1.47. The fraction of sp³-hybridized carbons (Fsp3) is 0.824. The molecule has 0 spiro atoms. The Labute approximate surface area is 144 Å². The van der Waals surface area contributed by atoms with Gasteiger partial charge in [0.25, 0.3) is 0 Å². The molecule has 0 amide bonds. The van der Waals surface area contributed by atoms with E-state index in [1.54, 1.807) is 6.33 Å². The van der Waals surface area contributed by atoms with Gasteiger partial charge in [-0.2, -0.15) is 4.98 Å². The molecule has 0 aliphatic heterocycles. The lowest BCUT2D eigenvalue weighted by atomic mass is 9.91. The van der Waals surface area contributed by atoms with Gasteiger partial charge in [0.05, 0.1) is 0 Å². The van der Waals surface area contributed by atoms with Crippen LogP contribution in [0.3, 0.4) is 0 Å². The fourth-order valence-electron chi connectivity index (χ4n) is 3.85. The quantitative estimate of drug-likeness (QED) is 0.631. The second kappa shape index (κ2) is 8.58. The molecule has 1 heterocycles. The van der Waals surface area contributed by atoms with Gasteiger partial charge < -0.3 is 21.3 Å². The molecule has 2 fully saturated rings. The Morgan fingerprint density at radius 3 is 1.42 bits per heavy atom. The van der Waals surface area contributed by atoms with Crippen molar-refractivity contribution in [3.05, 3.63) is 6.33 Å². The Balaban J connectivity index is 1.49. The van der Waals surface area contributed by atoms with Crippen LogP contribution in [0.4, 0.5) is 11.9 Å². The predicted octanol–water partition coefficient (Wildman–Crippen LogP) is 1.76. The largest absolute Gasteiger partial charge is 0.351 e. The Bertz CT molecular complexity index is 452. The van der Waals surface area contributed by atoms with Crippen LogP contribution in [0.15, 0.2) is 6.33 Å². The van der Waals surface area contributed by atoms with Crippen LogP contribution < -0.4 is 21.3 Å². The van der Waals surface area contributed by atoms with Crippen LogP contribution in [0, 0.1) is 0 Å². The molecule has 2 aliphatic rings. The van der Waals surface area contributed by atoms with Crippen molar-refractivity contribution in [1.82, 2.24) is 25.6 Å². The van der Waals surface area contributed by atoms with Gasteiger partial charge in [-0.3, -0.25) is 0 Å². The molecule has 1 aromatic rings. The minimum absolute atomic E-state index is 0.468. The summed E-state index contributed by atoms with van der Waals surface area (Å²) in [5.41, 5.74) is 0. The second-order valence-electron chi connectivity index (χ2n) is 7.10. The maximum Gasteiger partial charge on any atom is 0.227 e. The first-order valence-electron chi connectivity index (χ1n) is 9.33. The lowest BCUT2D eigenvalue weighted by molar-refractivity contribution is 0.369. The Kier molecular flexibility index (Phi) is 6.20. The van der Waals surface area contributed by atoms with Crippen LogP contribution in [-0.2, 0) is 0 Å².